The van der Waals surface area contributed by atoms with Crippen molar-refractivity contribution in [2.45, 2.75) is 26.0 Å². The highest BCUT2D eigenvalue weighted by molar-refractivity contribution is 9.10. The molecule has 3 nitrogen and oxygen atoms in total. The summed E-state index contributed by atoms with van der Waals surface area (Å²) in [6.45, 7) is 2.48. The number of hydrogen-bond donors (Lipinski definition) is 1. The summed E-state index contributed by atoms with van der Waals surface area (Å²) in [5, 5.41) is 0. The normalized spacial score (nSPS) is 12.0. The third-order valence-corrected chi connectivity index (χ3v) is 3.65. The van der Waals surface area contributed by atoms with Crippen LogP contribution in [0.4, 0.5) is 0 Å². The van der Waals surface area contributed by atoms with Gasteiger partial charge >= 0.3 is 0 Å². The highest BCUT2D eigenvalue weighted by Gasteiger charge is 2.12. The molecule has 0 bridgehead atoms. The van der Waals surface area contributed by atoms with Crippen LogP contribution in [0.5, 0.6) is 11.5 Å². The summed E-state index contributed by atoms with van der Waals surface area (Å²) in [7, 11) is 1.65. The monoisotopic (exact) mass is 349 g/mol. The van der Waals surface area contributed by atoms with Crippen molar-refractivity contribution in [3.8, 4) is 11.5 Å². The van der Waals surface area contributed by atoms with E-state index in [4.69, 9.17) is 15.2 Å². The van der Waals surface area contributed by atoms with E-state index in [1.54, 1.807) is 7.11 Å². The zero-order valence-corrected chi connectivity index (χ0v) is 13.9. The average Bonchev–Trinajstić information content (AvgIpc) is 2.46. The van der Waals surface area contributed by atoms with E-state index in [1.807, 2.05) is 49.4 Å². The van der Waals surface area contributed by atoms with Crippen LogP contribution < -0.4 is 15.2 Å². The van der Waals surface area contributed by atoms with Gasteiger partial charge in [0.2, 0.25) is 0 Å². The second kappa shape index (κ2) is 7.48. The predicted octanol–water partition coefficient (Wildman–Crippen LogP) is 3.93. The third-order valence-electron chi connectivity index (χ3n) is 3.12. The Kier molecular flexibility index (Phi) is 5.65. The van der Waals surface area contributed by atoms with E-state index in [0.717, 1.165) is 33.5 Å². The molecule has 1 unspecified atom stereocenters. The van der Waals surface area contributed by atoms with E-state index in [-0.39, 0.29) is 6.04 Å². The Morgan fingerprint density at radius 1 is 1.14 bits per heavy atom. The lowest BCUT2D eigenvalue weighted by atomic mass is 10.1. The van der Waals surface area contributed by atoms with Crippen molar-refractivity contribution in [1.29, 1.82) is 0 Å². The lowest BCUT2D eigenvalue weighted by Gasteiger charge is -2.16. The number of methoxy groups -OCH3 is 1. The lowest BCUT2D eigenvalue weighted by Crippen LogP contribution is -2.18. The van der Waals surface area contributed by atoms with Crippen LogP contribution in [-0.4, -0.2) is 13.2 Å². The second-order valence-electron chi connectivity index (χ2n) is 5.05. The molecular formula is C17H20BrNO2. The summed E-state index contributed by atoms with van der Waals surface area (Å²) in [5.74, 6) is 1.52. The minimum atomic E-state index is 0.0761. The maximum atomic E-state index is 5.99. The van der Waals surface area contributed by atoms with Crippen LogP contribution in [-0.2, 0) is 13.0 Å². The van der Waals surface area contributed by atoms with Gasteiger partial charge in [0, 0.05) is 10.5 Å². The van der Waals surface area contributed by atoms with E-state index in [0.29, 0.717) is 6.61 Å². The Morgan fingerprint density at radius 2 is 1.86 bits per heavy atom. The molecule has 21 heavy (non-hydrogen) atoms. The molecule has 0 radical (unpaired) electrons. The number of halogens is 1. The molecule has 0 heterocycles. The van der Waals surface area contributed by atoms with Gasteiger partial charge in [-0.25, -0.2) is 0 Å². The van der Waals surface area contributed by atoms with Gasteiger partial charge in [-0.3, -0.25) is 0 Å². The highest BCUT2D eigenvalue weighted by atomic mass is 79.9. The first kappa shape index (κ1) is 15.9. The minimum absolute atomic E-state index is 0.0761. The van der Waals surface area contributed by atoms with Crippen molar-refractivity contribution >= 4 is 15.9 Å². The summed E-state index contributed by atoms with van der Waals surface area (Å²) < 4.78 is 12.4. The van der Waals surface area contributed by atoms with Gasteiger partial charge in [0.25, 0.3) is 0 Å². The third kappa shape index (κ3) is 4.48. The van der Waals surface area contributed by atoms with Gasteiger partial charge in [0.15, 0.2) is 11.5 Å². The number of benzene rings is 2. The zero-order valence-electron chi connectivity index (χ0n) is 12.3. The highest BCUT2D eigenvalue weighted by Crippen LogP contribution is 2.32. The fraction of sp³-hybridized carbons (Fsp3) is 0.294. The summed E-state index contributed by atoms with van der Waals surface area (Å²) in [4.78, 5) is 0. The molecule has 0 saturated heterocycles. The van der Waals surface area contributed by atoms with Crippen molar-refractivity contribution in [3.05, 3.63) is 58.1 Å². The average molecular weight is 350 g/mol. The molecule has 0 aliphatic heterocycles. The molecule has 1 atom stereocenters. The van der Waals surface area contributed by atoms with E-state index in [1.165, 1.54) is 0 Å². The van der Waals surface area contributed by atoms with Crippen molar-refractivity contribution in [2.24, 2.45) is 5.73 Å². The standard InChI is InChI=1S/C17H20BrNO2/c1-12(19)10-14-4-3-5-16(20-2)17(14)21-11-13-6-8-15(18)9-7-13/h3-9,12H,10-11,19H2,1-2H3. The number of ether oxygens (including phenoxy) is 2. The molecule has 2 aromatic rings. The molecule has 0 saturated carbocycles. The smallest absolute Gasteiger partial charge is 0.164 e. The van der Waals surface area contributed by atoms with E-state index in [2.05, 4.69) is 15.9 Å². The molecule has 112 valence electrons. The fourth-order valence-electron chi connectivity index (χ4n) is 2.13. The van der Waals surface area contributed by atoms with Gasteiger partial charge in [-0.1, -0.05) is 40.2 Å². The number of rotatable bonds is 6. The first-order valence-electron chi connectivity index (χ1n) is 6.89. The topological polar surface area (TPSA) is 44.5 Å². The van der Waals surface area contributed by atoms with E-state index < -0.39 is 0 Å². The van der Waals surface area contributed by atoms with Crippen LogP contribution in [0.1, 0.15) is 18.1 Å². The van der Waals surface area contributed by atoms with Crippen LogP contribution in [0.2, 0.25) is 0 Å². The molecule has 0 spiro atoms. The molecule has 0 aliphatic carbocycles. The Balaban J connectivity index is 2.18. The van der Waals surface area contributed by atoms with Crippen molar-refractivity contribution in [2.75, 3.05) is 7.11 Å². The Labute approximate surface area is 134 Å². The summed E-state index contributed by atoms with van der Waals surface area (Å²) in [6, 6.07) is 14.0. The molecule has 2 rings (SSSR count). The number of hydrogen-bond acceptors (Lipinski definition) is 3. The van der Waals surface area contributed by atoms with E-state index >= 15 is 0 Å². The fourth-order valence-corrected chi connectivity index (χ4v) is 2.39. The molecule has 0 amide bonds. The van der Waals surface area contributed by atoms with Crippen LogP contribution in [0.3, 0.4) is 0 Å². The Hall–Kier alpha value is -1.52. The SMILES string of the molecule is COc1cccc(CC(C)N)c1OCc1ccc(Br)cc1. The maximum Gasteiger partial charge on any atom is 0.164 e. The molecule has 2 aromatic carbocycles. The van der Waals surface area contributed by atoms with Gasteiger partial charge in [0.05, 0.1) is 7.11 Å². The van der Waals surface area contributed by atoms with Crippen molar-refractivity contribution in [3.63, 3.8) is 0 Å². The predicted molar refractivity (Wildman–Crippen MR) is 88.8 cm³/mol. The van der Waals surface area contributed by atoms with Gasteiger partial charge in [-0.05, 0) is 42.7 Å². The van der Waals surface area contributed by atoms with Gasteiger partial charge in [-0.2, -0.15) is 0 Å². The number of para-hydroxylation sites is 1. The van der Waals surface area contributed by atoms with Gasteiger partial charge < -0.3 is 15.2 Å². The molecule has 0 aromatic heterocycles. The molecule has 0 aliphatic rings. The van der Waals surface area contributed by atoms with Crippen LogP contribution in [0.25, 0.3) is 0 Å². The molecule has 0 fully saturated rings. The zero-order chi connectivity index (χ0) is 15.2. The Morgan fingerprint density at radius 3 is 2.48 bits per heavy atom. The van der Waals surface area contributed by atoms with Crippen LogP contribution in [0.15, 0.2) is 46.9 Å². The molecule has 4 heteroatoms. The Bertz CT molecular complexity index is 582. The van der Waals surface area contributed by atoms with Crippen LogP contribution >= 0.6 is 15.9 Å². The quantitative estimate of drug-likeness (QED) is 0.859. The first-order chi connectivity index (χ1) is 10.1. The summed E-state index contributed by atoms with van der Waals surface area (Å²) in [6.07, 6.45) is 0.757. The van der Waals surface area contributed by atoms with E-state index in [9.17, 15) is 0 Å². The summed E-state index contributed by atoms with van der Waals surface area (Å²) >= 11 is 3.43. The largest absolute Gasteiger partial charge is 0.493 e. The van der Waals surface area contributed by atoms with Gasteiger partial charge in [-0.15, -0.1) is 0 Å². The second-order valence-corrected chi connectivity index (χ2v) is 5.96. The molecule has 2 N–H and O–H groups in total. The van der Waals surface area contributed by atoms with Crippen molar-refractivity contribution < 1.29 is 9.47 Å². The van der Waals surface area contributed by atoms with Crippen LogP contribution in [0, 0.1) is 0 Å². The summed E-state index contributed by atoms with van der Waals surface area (Å²) in [5.41, 5.74) is 8.09. The van der Waals surface area contributed by atoms with Gasteiger partial charge in [0.1, 0.15) is 6.61 Å². The first-order valence-corrected chi connectivity index (χ1v) is 7.68. The van der Waals surface area contributed by atoms with Crippen molar-refractivity contribution in [1.82, 2.24) is 0 Å². The maximum absolute atomic E-state index is 5.99. The lowest BCUT2D eigenvalue weighted by molar-refractivity contribution is 0.281. The number of nitrogens with two attached hydrogens (primary N) is 1. The molecular weight excluding hydrogens is 330 g/mol. The minimum Gasteiger partial charge on any atom is -0.493 e.